The van der Waals surface area contributed by atoms with Crippen molar-refractivity contribution < 1.29 is 14.3 Å². The number of nitrogens with zero attached hydrogens (tertiary/aromatic N) is 1. The van der Waals surface area contributed by atoms with Crippen LogP contribution in [0.1, 0.15) is 40.0 Å². The summed E-state index contributed by atoms with van der Waals surface area (Å²) in [5.41, 5.74) is -0.0528. The van der Waals surface area contributed by atoms with Gasteiger partial charge in [0, 0.05) is 20.5 Å². The van der Waals surface area contributed by atoms with Crippen molar-refractivity contribution >= 4 is 11.9 Å². The average molecular weight is 241 g/mol. The Hall–Kier alpha value is -1.06. The van der Waals surface area contributed by atoms with E-state index < -0.39 is 0 Å². The lowest BCUT2D eigenvalue weighted by atomic mass is 9.77. The number of carbonyl (C=O) groups excluding carboxylic acids is 2. The van der Waals surface area contributed by atoms with Crippen molar-refractivity contribution in [1.29, 1.82) is 0 Å². The van der Waals surface area contributed by atoms with E-state index in [0.29, 0.717) is 18.8 Å². The zero-order chi connectivity index (χ0) is 13.2. The first-order valence-corrected chi connectivity index (χ1v) is 6.11. The Morgan fingerprint density at radius 1 is 1.53 bits per heavy atom. The molecule has 2 unspecified atom stereocenters. The second kappa shape index (κ2) is 5.07. The molecule has 0 aromatic carbocycles. The molecule has 0 aromatic rings. The van der Waals surface area contributed by atoms with Crippen molar-refractivity contribution in [2.24, 2.45) is 11.3 Å². The number of rotatable bonds is 5. The maximum atomic E-state index is 11.7. The second-order valence-corrected chi connectivity index (χ2v) is 6.04. The van der Waals surface area contributed by atoms with Crippen LogP contribution in [0.15, 0.2) is 0 Å². The molecule has 1 rings (SSSR count). The smallest absolute Gasteiger partial charge is 0.309 e. The van der Waals surface area contributed by atoms with E-state index in [0.717, 1.165) is 6.42 Å². The number of hydrogen-bond acceptors (Lipinski definition) is 3. The summed E-state index contributed by atoms with van der Waals surface area (Å²) in [4.78, 5) is 24.1. The molecule has 1 aliphatic heterocycles. The predicted molar refractivity (Wildman–Crippen MR) is 65.4 cm³/mol. The number of carbonyl (C=O) groups is 2. The molecular formula is C13H23NO3. The summed E-state index contributed by atoms with van der Waals surface area (Å²) in [6.45, 7) is 6.26. The Bertz CT molecular complexity index is 302. The molecule has 1 saturated heterocycles. The Labute approximate surface area is 103 Å². The highest BCUT2D eigenvalue weighted by molar-refractivity contribution is 5.76. The number of ether oxygens (including phenoxy) is 1. The minimum Gasteiger partial charge on any atom is -0.461 e. The summed E-state index contributed by atoms with van der Waals surface area (Å²) >= 11 is 0. The van der Waals surface area contributed by atoms with Crippen molar-refractivity contribution in [3.05, 3.63) is 0 Å². The highest BCUT2D eigenvalue weighted by atomic mass is 16.6. The van der Waals surface area contributed by atoms with Crippen LogP contribution in [0.2, 0.25) is 0 Å². The molecule has 1 fully saturated rings. The molecule has 0 aliphatic carbocycles. The van der Waals surface area contributed by atoms with E-state index in [1.54, 1.807) is 19.0 Å². The average Bonchev–Trinajstić information content (AvgIpc) is 2.10. The molecule has 0 N–H and O–H groups in total. The number of cyclic esters (lactones) is 1. The van der Waals surface area contributed by atoms with Crippen LogP contribution in [-0.4, -0.2) is 37.0 Å². The minimum absolute atomic E-state index is 0.0521. The molecule has 0 saturated carbocycles. The van der Waals surface area contributed by atoms with Crippen molar-refractivity contribution in [2.75, 3.05) is 14.1 Å². The molecule has 2 atom stereocenters. The van der Waals surface area contributed by atoms with Gasteiger partial charge in [-0.25, -0.2) is 0 Å². The van der Waals surface area contributed by atoms with Crippen molar-refractivity contribution in [1.82, 2.24) is 4.90 Å². The SMILES string of the molecule is CC(CC(C)(C)CC(=O)N(C)C)C1CC(=O)O1. The normalized spacial score (nSPS) is 21.5. The maximum absolute atomic E-state index is 11.7. The maximum Gasteiger partial charge on any atom is 0.309 e. The van der Waals surface area contributed by atoms with Crippen LogP contribution in [0.25, 0.3) is 0 Å². The van der Waals surface area contributed by atoms with Gasteiger partial charge < -0.3 is 9.64 Å². The monoisotopic (exact) mass is 241 g/mol. The van der Waals surface area contributed by atoms with Crippen LogP contribution in [-0.2, 0) is 14.3 Å². The first-order valence-electron chi connectivity index (χ1n) is 6.11. The molecule has 4 nitrogen and oxygen atoms in total. The van der Waals surface area contributed by atoms with Gasteiger partial charge in [-0.15, -0.1) is 0 Å². The number of amides is 1. The largest absolute Gasteiger partial charge is 0.461 e. The summed E-state index contributed by atoms with van der Waals surface area (Å²) in [6.07, 6.45) is 2.00. The summed E-state index contributed by atoms with van der Waals surface area (Å²) in [7, 11) is 3.55. The molecule has 1 aliphatic rings. The summed E-state index contributed by atoms with van der Waals surface area (Å²) in [5.74, 6) is 0.356. The lowest BCUT2D eigenvalue weighted by Gasteiger charge is -2.35. The first kappa shape index (κ1) is 14.0. The van der Waals surface area contributed by atoms with Gasteiger partial charge >= 0.3 is 5.97 Å². The number of esters is 1. The zero-order valence-corrected chi connectivity index (χ0v) is 11.4. The summed E-state index contributed by atoms with van der Waals surface area (Å²) in [6, 6.07) is 0. The molecule has 0 radical (unpaired) electrons. The van der Waals surface area contributed by atoms with Gasteiger partial charge in [0.25, 0.3) is 0 Å². The van der Waals surface area contributed by atoms with E-state index in [-0.39, 0.29) is 23.4 Å². The molecule has 0 aromatic heterocycles. The van der Waals surface area contributed by atoms with Crippen LogP contribution in [0.5, 0.6) is 0 Å². The molecule has 0 bridgehead atoms. The summed E-state index contributed by atoms with van der Waals surface area (Å²) < 4.78 is 5.06. The first-order chi connectivity index (χ1) is 7.71. The van der Waals surface area contributed by atoms with Crippen LogP contribution < -0.4 is 0 Å². The van der Waals surface area contributed by atoms with E-state index in [1.165, 1.54) is 0 Å². The van der Waals surface area contributed by atoms with Gasteiger partial charge in [0.1, 0.15) is 6.10 Å². The molecule has 1 amide bonds. The minimum atomic E-state index is -0.107. The van der Waals surface area contributed by atoms with Crippen molar-refractivity contribution in [3.63, 3.8) is 0 Å². The van der Waals surface area contributed by atoms with E-state index >= 15 is 0 Å². The van der Waals surface area contributed by atoms with Gasteiger partial charge in [0.15, 0.2) is 0 Å². The van der Waals surface area contributed by atoms with Gasteiger partial charge in [-0.05, 0) is 17.8 Å². The van der Waals surface area contributed by atoms with Crippen molar-refractivity contribution in [3.8, 4) is 0 Å². The Balaban J connectivity index is 2.42. The topological polar surface area (TPSA) is 46.6 Å². The van der Waals surface area contributed by atoms with Gasteiger partial charge in [-0.3, -0.25) is 9.59 Å². The molecule has 17 heavy (non-hydrogen) atoms. The molecule has 98 valence electrons. The fourth-order valence-electron chi connectivity index (χ4n) is 2.28. The van der Waals surface area contributed by atoms with E-state index in [4.69, 9.17) is 4.74 Å². The third kappa shape index (κ3) is 4.02. The van der Waals surface area contributed by atoms with Crippen LogP contribution >= 0.6 is 0 Å². The quantitative estimate of drug-likeness (QED) is 0.690. The van der Waals surface area contributed by atoms with Crippen LogP contribution in [0.4, 0.5) is 0 Å². The highest BCUT2D eigenvalue weighted by Gasteiger charge is 2.36. The standard InChI is InChI=1S/C13H23NO3/c1-9(10-6-12(16)17-10)7-13(2,3)8-11(15)14(4)5/h9-10H,6-8H2,1-5H3. The van der Waals surface area contributed by atoms with Crippen molar-refractivity contribution in [2.45, 2.75) is 46.1 Å². The fourth-order valence-corrected chi connectivity index (χ4v) is 2.28. The van der Waals surface area contributed by atoms with Crippen LogP contribution in [0.3, 0.4) is 0 Å². The summed E-state index contributed by atoms with van der Waals surface area (Å²) in [5, 5.41) is 0. The number of hydrogen-bond donors (Lipinski definition) is 0. The van der Waals surface area contributed by atoms with Gasteiger partial charge in [-0.1, -0.05) is 20.8 Å². The van der Waals surface area contributed by atoms with Gasteiger partial charge in [0.05, 0.1) is 6.42 Å². The second-order valence-electron chi connectivity index (χ2n) is 6.04. The Morgan fingerprint density at radius 3 is 2.47 bits per heavy atom. The van der Waals surface area contributed by atoms with E-state index in [9.17, 15) is 9.59 Å². The third-order valence-corrected chi connectivity index (χ3v) is 3.29. The molecular weight excluding hydrogens is 218 g/mol. The fraction of sp³-hybridized carbons (Fsp3) is 0.846. The lowest BCUT2D eigenvalue weighted by Crippen LogP contribution is -2.40. The van der Waals surface area contributed by atoms with Gasteiger partial charge in [-0.2, -0.15) is 0 Å². The van der Waals surface area contributed by atoms with E-state index in [2.05, 4.69) is 20.8 Å². The molecule has 4 heteroatoms. The molecule has 0 spiro atoms. The third-order valence-electron chi connectivity index (χ3n) is 3.29. The zero-order valence-electron chi connectivity index (χ0n) is 11.4. The molecule has 1 heterocycles. The highest BCUT2D eigenvalue weighted by Crippen LogP contribution is 2.34. The Morgan fingerprint density at radius 2 is 2.06 bits per heavy atom. The van der Waals surface area contributed by atoms with Crippen LogP contribution in [0, 0.1) is 11.3 Å². The predicted octanol–water partition coefficient (Wildman–Crippen LogP) is 1.83. The van der Waals surface area contributed by atoms with Gasteiger partial charge in [0.2, 0.25) is 5.91 Å². The van der Waals surface area contributed by atoms with E-state index in [1.807, 2.05) is 0 Å². The lowest BCUT2D eigenvalue weighted by molar-refractivity contribution is -0.175. The Kier molecular flexibility index (Phi) is 4.17.